The number of primary amides is 1. The third-order valence-electron chi connectivity index (χ3n) is 3.34. The van der Waals surface area contributed by atoms with Crippen LogP contribution in [-0.4, -0.2) is 28.1 Å². The van der Waals surface area contributed by atoms with Crippen molar-refractivity contribution >= 4 is 11.8 Å². The Morgan fingerprint density at radius 3 is 2.59 bits per heavy atom. The van der Waals surface area contributed by atoms with Gasteiger partial charge in [0.15, 0.2) is 0 Å². The van der Waals surface area contributed by atoms with Crippen LogP contribution in [0.15, 0.2) is 30.3 Å². The second kappa shape index (κ2) is 6.89. The molecule has 0 fully saturated rings. The Morgan fingerprint density at radius 2 is 1.95 bits per heavy atom. The number of nitrogens with two attached hydrogens (primary N) is 1. The number of hydrogen-bond acceptors (Lipinski definition) is 3. The molecule has 6 heteroatoms. The lowest BCUT2D eigenvalue weighted by atomic mass is 10.1. The molecule has 1 aromatic heterocycles. The van der Waals surface area contributed by atoms with Crippen LogP contribution in [0.3, 0.4) is 0 Å². The van der Waals surface area contributed by atoms with Crippen molar-refractivity contribution in [2.24, 2.45) is 5.73 Å². The molecule has 0 radical (unpaired) electrons. The van der Waals surface area contributed by atoms with Gasteiger partial charge in [0, 0.05) is 29.9 Å². The molecule has 0 aliphatic carbocycles. The van der Waals surface area contributed by atoms with E-state index in [-0.39, 0.29) is 5.91 Å². The van der Waals surface area contributed by atoms with E-state index in [0.29, 0.717) is 17.7 Å². The molecule has 2 rings (SSSR count). The fourth-order valence-electron chi connectivity index (χ4n) is 2.25. The standard InChI is InChI=1S/C16H20N4O2/c1-11-9-12(2)20(19-11)8-4-7-18-16(22)14-6-3-5-13(10-14)15(17)21/h3,5-6,9-10H,4,7-8H2,1-2H3,(H2,17,21)(H,18,22). The first-order valence-electron chi connectivity index (χ1n) is 7.16. The van der Waals surface area contributed by atoms with Gasteiger partial charge >= 0.3 is 0 Å². The van der Waals surface area contributed by atoms with Crippen LogP contribution in [-0.2, 0) is 6.54 Å². The number of amides is 2. The Kier molecular flexibility index (Phi) is 4.93. The first-order valence-corrected chi connectivity index (χ1v) is 7.16. The van der Waals surface area contributed by atoms with Gasteiger partial charge in [-0.25, -0.2) is 0 Å². The van der Waals surface area contributed by atoms with Crippen molar-refractivity contribution in [3.05, 3.63) is 52.8 Å². The molecule has 22 heavy (non-hydrogen) atoms. The van der Waals surface area contributed by atoms with Crippen LogP contribution in [0.5, 0.6) is 0 Å². The summed E-state index contributed by atoms with van der Waals surface area (Å²) in [5.41, 5.74) is 8.07. The molecular formula is C16H20N4O2. The Morgan fingerprint density at radius 1 is 1.23 bits per heavy atom. The van der Waals surface area contributed by atoms with E-state index in [4.69, 9.17) is 5.73 Å². The predicted molar refractivity (Wildman–Crippen MR) is 83.6 cm³/mol. The molecule has 0 aliphatic rings. The van der Waals surface area contributed by atoms with E-state index in [9.17, 15) is 9.59 Å². The van der Waals surface area contributed by atoms with Crippen LogP contribution in [0.1, 0.15) is 38.5 Å². The van der Waals surface area contributed by atoms with E-state index in [1.54, 1.807) is 18.2 Å². The molecule has 1 aromatic carbocycles. The minimum atomic E-state index is -0.542. The molecule has 1 heterocycles. The molecule has 0 bridgehead atoms. The maximum absolute atomic E-state index is 12.0. The maximum Gasteiger partial charge on any atom is 0.251 e. The number of benzene rings is 1. The van der Waals surface area contributed by atoms with Crippen molar-refractivity contribution in [3.63, 3.8) is 0 Å². The van der Waals surface area contributed by atoms with Gasteiger partial charge < -0.3 is 11.1 Å². The van der Waals surface area contributed by atoms with Crippen molar-refractivity contribution in [2.45, 2.75) is 26.8 Å². The van der Waals surface area contributed by atoms with E-state index in [1.165, 1.54) is 6.07 Å². The Bertz CT molecular complexity index is 691. The number of aromatic nitrogens is 2. The van der Waals surface area contributed by atoms with Crippen LogP contribution in [0.4, 0.5) is 0 Å². The van der Waals surface area contributed by atoms with Gasteiger partial charge in [-0.3, -0.25) is 14.3 Å². The van der Waals surface area contributed by atoms with Gasteiger partial charge in [-0.15, -0.1) is 0 Å². The molecule has 0 atom stereocenters. The van der Waals surface area contributed by atoms with Gasteiger partial charge in [0.25, 0.3) is 5.91 Å². The highest BCUT2D eigenvalue weighted by Crippen LogP contribution is 2.05. The molecule has 116 valence electrons. The van der Waals surface area contributed by atoms with Crippen molar-refractivity contribution in [1.29, 1.82) is 0 Å². The third-order valence-corrected chi connectivity index (χ3v) is 3.34. The lowest BCUT2D eigenvalue weighted by molar-refractivity contribution is 0.0952. The topological polar surface area (TPSA) is 90.0 Å². The highest BCUT2D eigenvalue weighted by Gasteiger charge is 2.08. The quantitative estimate of drug-likeness (QED) is 0.791. The molecule has 2 aromatic rings. The minimum absolute atomic E-state index is 0.212. The van der Waals surface area contributed by atoms with E-state index in [0.717, 1.165) is 24.4 Å². The first-order chi connectivity index (χ1) is 10.5. The highest BCUT2D eigenvalue weighted by atomic mass is 16.2. The smallest absolute Gasteiger partial charge is 0.251 e. The fraction of sp³-hybridized carbons (Fsp3) is 0.312. The van der Waals surface area contributed by atoms with E-state index in [2.05, 4.69) is 10.4 Å². The summed E-state index contributed by atoms with van der Waals surface area (Å²) >= 11 is 0. The lowest BCUT2D eigenvalue weighted by Crippen LogP contribution is -2.26. The average Bonchev–Trinajstić information content (AvgIpc) is 2.81. The zero-order valence-corrected chi connectivity index (χ0v) is 12.8. The fourth-order valence-corrected chi connectivity index (χ4v) is 2.25. The number of nitrogens with zero attached hydrogens (tertiary/aromatic N) is 2. The monoisotopic (exact) mass is 300 g/mol. The summed E-state index contributed by atoms with van der Waals surface area (Å²) in [6, 6.07) is 8.40. The number of carbonyl (C=O) groups is 2. The summed E-state index contributed by atoms with van der Waals surface area (Å²) in [7, 11) is 0. The molecule has 0 unspecified atom stereocenters. The van der Waals surface area contributed by atoms with Gasteiger partial charge in [0.1, 0.15) is 0 Å². The van der Waals surface area contributed by atoms with E-state index < -0.39 is 5.91 Å². The predicted octanol–water partition coefficient (Wildman–Crippen LogP) is 1.42. The zero-order valence-electron chi connectivity index (χ0n) is 12.8. The van der Waals surface area contributed by atoms with Gasteiger partial charge in [-0.2, -0.15) is 5.10 Å². The Labute approximate surface area is 129 Å². The summed E-state index contributed by atoms with van der Waals surface area (Å²) in [4.78, 5) is 23.1. The number of hydrogen-bond donors (Lipinski definition) is 2. The molecule has 0 aliphatic heterocycles. The normalized spacial score (nSPS) is 10.5. The van der Waals surface area contributed by atoms with Gasteiger partial charge in [0.2, 0.25) is 5.91 Å². The van der Waals surface area contributed by atoms with Crippen molar-refractivity contribution < 1.29 is 9.59 Å². The molecule has 3 N–H and O–H groups in total. The van der Waals surface area contributed by atoms with E-state index in [1.807, 2.05) is 24.6 Å². The molecule has 2 amide bonds. The second-order valence-electron chi connectivity index (χ2n) is 5.20. The third kappa shape index (κ3) is 3.94. The van der Waals surface area contributed by atoms with E-state index >= 15 is 0 Å². The average molecular weight is 300 g/mol. The van der Waals surface area contributed by atoms with Gasteiger partial charge in [-0.05, 0) is 44.5 Å². The van der Waals surface area contributed by atoms with Crippen LogP contribution in [0, 0.1) is 13.8 Å². The summed E-state index contributed by atoms with van der Waals surface area (Å²) in [5.74, 6) is -0.754. The van der Waals surface area contributed by atoms with Gasteiger partial charge in [-0.1, -0.05) is 6.07 Å². The number of aryl methyl sites for hydroxylation is 3. The maximum atomic E-state index is 12.0. The largest absolute Gasteiger partial charge is 0.366 e. The number of carbonyl (C=O) groups excluding carboxylic acids is 2. The van der Waals surface area contributed by atoms with Crippen molar-refractivity contribution in [1.82, 2.24) is 15.1 Å². The number of nitrogens with one attached hydrogen (secondary N) is 1. The SMILES string of the molecule is Cc1cc(C)n(CCCNC(=O)c2cccc(C(N)=O)c2)n1. The Hall–Kier alpha value is -2.63. The zero-order chi connectivity index (χ0) is 16.1. The van der Waals surface area contributed by atoms with Crippen LogP contribution < -0.4 is 11.1 Å². The highest BCUT2D eigenvalue weighted by molar-refractivity contribution is 5.99. The molecule has 0 saturated heterocycles. The molecule has 0 spiro atoms. The summed E-state index contributed by atoms with van der Waals surface area (Å²) in [6.45, 7) is 5.25. The molecular weight excluding hydrogens is 280 g/mol. The van der Waals surface area contributed by atoms with Crippen LogP contribution >= 0.6 is 0 Å². The Balaban J connectivity index is 1.84. The van der Waals surface area contributed by atoms with Crippen LogP contribution in [0.2, 0.25) is 0 Å². The van der Waals surface area contributed by atoms with Crippen molar-refractivity contribution in [3.8, 4) is 0 Å². The molecule has 6 nitrogen and oxygen atoms in total. The first kappa shape index (κ1) is 15.8. The summed E-state index contributed by atoms with van der Waals surface area (Å²) in [6.07, 6.45) is 0.781. The van der Waals surface area contributed by atoms with Crippen LogP contribution in [0.25, 0.3) is 0 Å². The summed E-state index contributed by atoms with van der Waals surface area (Å²) < 4.78 is 1.93. The minimum Gasteiger partial charge on any atom is -0.366 e. The van der Waals surface area contributed by atoms with Crippen molar-refractivity contribution in [2.75, 3.05) is 6.54 Å². The molecule has 0 saturated carbocycles. The second-order valence-corrected chi connectivity index (χ2v) is 5.20. The lowest BCUT2D eigenvalue weighted by Gasteiger charge is -2.07. The summed E-state index contributed by atoms with van der Waals surface area (Å²) in [5, 5.41) is 7.20. The van der Waals surface area contributed by atoms with Gasteiger partial charge in [0.05, 0.1) is 5.69 Å². The number of rotatable bonds is 6.